The summed E-state index contributed by atoms with van der Waals surface area (Å²) in [5, 5.41) is 2.64. The molecule has 0 saturated carbocycles. The molecular weight excluding hydrogens is 322 g/mol. The molecule has 0 radical (unpaired) electrons. The van der Waals surface area contributed by atoms with Crippen molar-refractivity contribution in [2.75, 3.05) is 11.9 Å². The molecule has 6 heteroatoms. The maximum atomic E-state index is 11.8. The molecule has 0 unspecified atom stereocenters. The lowest BCUT2D eigenvalue weighted by atomic mass is 10.1. The molecule has 0 aliphatic heterocycles. The van der Waals surface area contributed by atoms with Gasteiger partial charge in [-0.25, -0.2) is 9.97 Å². The third kappa shape index (κ3) is 4.31. The van der Waals surface area contributed by atoms with Gasteiger partial charge in [-0.05, 0) is 40.5 Å². The monoisotopic (exact) mass is 335 g/mol. The maximum Gasteiger partial charge on any atom is 0.231 e. The van der Waals surface area contributed by atoms with Gasteiger partial charge in [0.1, 0.15) is 5.75 Å². The smallest absolute Gasteiger partial charge is 0.231 e. The Kier molecular flexibility index (Phi) is 5.06. The number of ether oxygens (including phenoxy) is 1. The first kappa shape index (κ1) is 14.5. The molecule has 1 N–H and O–H groups in total. The van der Waals surface area contributed by atoms with Gasteiger partial charge in [-0.2, -0.15) is 0 Å². The van der Waals surface area contributed by atoms with Crippen molar-refractivity contribution in [3.63, 3.8) is 0 Å². The molecule has 1 aromatic carbocycles. The van der Waals surface area contributed by atoms with Crippen LogP contribution in [0.4, 0.5) is 5.95 Å². The summed E-state index contributed by atoms with van der Waals surface area (Å²) in [4.78, 5) is 19.8. The van der Waals surface area contributed by atoms with E-state index < -0.39 is 0 Å². The highest BCUT2D eigenvalue weighted by Gasteiger charge is 2.06. The number of hydrogen-bond acceptors (Lipinski definition) is 4. The first-order valence-corrected chi connectivity index (χ1v) is 6.96. The average Bonchev–Trinajstić information content (AvgIpc) is 2.44. The second kappa shape index (κ2) is 7.00. The van der Waals surface area contributed by atoms with Crippen LogP contribution in [0.5, 0.6) is 5.75 Å². The molecular formula is C14H14BrN3O2. The molecule has 0 atom stereocenters. The predicted octanol–water partition coefficient (Wildman–Crippen LogP) is 2.82. The Labute approximate surface area is 125 Å². The van der Waals surface area contributed by atoms with Gasteiger partial charge >= 0.3 is 0 Å². The number of carbonyl (C=O) groups excluding carboxylic acids is 1. The number of anilines is 1. The third-order valence-corrected chi connectivity index (χ3v) is 2.88. The number of benzene rings is 1. The van der Waals surface area contributed by atoms with Gasteiger partial charge in [-0.3, -0.25) is 10.1 Å². The lowest BCUT2D eigenvalue weighted by Crippen LogP contribution is -2.16. The van der Waals surface area contributed by atoms with Gasteiger partial charge in [0, 0.05) is 12.4 Å². The van der Waals surface area contributed by atoms with Crippen LogP contribution in [0.2, 0.25) is 0 Å². The topological polar surface area (TPSA) is 64.1 Å². The number of hydrogen-bond donors (Lipinski definition) is 1. The fourth-order valence-corrected chi connectivity index (χ4v) is 1.81. The molecule has 1 amide bonds. The molecule has 20 heavy (non-hydrogen) atoms. The van der Waals surface area contributed by atoms with E-state index in [4.69, 9.17) is 4.74 Å². The fraction of sp³-hybridized carbons (Fsp3) is 0.214. The minimum atomic E-state index is -0.156. The van der Waals surface area contributed by atoms with Crippen molar-refractivity contribution in [1.82, 2.24) is 9.97 Å². The Morgan fingerprint density at radius 3 is 2.50 bits per heavy atom. The number of nitrogens with zero attached hydrogens (tertiary/aromatic N) is 2. The van der Waals surface area contributed by atoms with Crippen molar-refractivity contribution in [3.8, 4) is 5.75 Å². The number of rotatable bonds is 5. The van der Waals surface area contributed by atoms with Crippen molar-refractivity contribution in [2.24, 2.45) is 0 Å². The molecule has 0 saturated heterocycles. The molecule has 0 aliphatic rings. The van der Waals surface area contributed by atoms with Crippen molar-refractivity contribution >= 4 is 27.8 Å². The summed E-state index contributed by atoms with van der Waals surface area (Å²) >= 11 is 3.24. The van der Waals surface area contributed by atoms with Gasteiger partial charge in [0.25, 0.3) is 0 Å². The molecule has 0 fully saturated rings. The van der Waals surface area contributed by atoms with Crippen LogP contribution in [0.15, 0.2) is 41.1 Å². The van der Waals surface area contributed by atoms with Crippen molar-refractivity contribution in [2.45, 2.75) is 13.3 Å². The van der Waals surface area contributed by atoms with Gasteiger partial charge in [0.15, 0.2) is 0 Å². The molecule has 1 heterocycles. The van der Waals surface area contributed by atoms with Crippen LogP contribution in [0.1, 0.15) is 12.5 Å². The molecule has 2 rings (SSSR count). The van der Waals surface area contributed by atoms with E-state index >= 15 is 0 Å². The van der Waals surface area contributed by atoms with E-state index in [9.17, 15) is 4.79 Å². The molecule has 0 spiro atoms. The van der Waals surface area contributed by atoms with Crippen molar-refractivity contribution in [1.29, 1.82) is 0 Å². The standard InChI is InChI=1S/C14H14BrN3O2/c1-2-20-12-5-3-10(4-6-12)7-13(19)18-14-16-8-11(15)9-17-14/h3-6,8-9H,2,7H2,1H3,(H,16,17,18,19). The van der Waals surface area contributed by atoms with Crippen LogP contribution in [-0.2, 0) is 11.2 Å². The highest BCUT2D eigenvalue weighted by Crippen LogP contribution is 2.13. The Bertz CT molecular complexity index is 570. The summed E-state index contributed by atoms with van der Waals surface area (Å²) in [6.07, 6.45) is 3.44. The number of amides is 1. The molecule has 2 aromatic rings. The van der Waals surface area contributed by atoms with E-state index in [-0.39, 0.29) is 12.3 Å². The summed E-state index contributed by atoms with van der Waals surface area (Å²) in [6.45, 7) is 2.56. The minimum absolute atomic E-state index is 0.156. The molecule has 5 nitrogen and oxygen atoms in total. The SMILES string of the molecule is CCOc1ccc(CC(=O)Nc2ncc(Br)cn2)cc1. The van der Waals surface area contributed by atoms with E-state index in [1.54, 1.807) is 12.4 Å². The van der Waals surface area contributed by atoms with E-state index in [1.807, 2.05) is 31.2 Å². The Morgan fingerprint density at radius 1 is 1.25 bits per heavy atom. The fourth-order valence-electron chi connectivity index (χ4n) is 1.60. The molecule has 1 aromatic heterocycles. The van der Waals surface area contributed by atoms with E-state index in [2.05, 4.69) is 31.2 Å². The van der Waals surface area contributed by atoms with Crippen LogP contribution >= 0.6 is 15.9 Å². The first-order valence-electron chi connectivity index (χ1n) is 6.16. The highest BCUT2D eigenvalue weighted by atomic mass is 79.9. The van der Waals surface area contributed by atoms with Gasteiger partial charge in [0.2, 0.25) is 11.9 Å². The number of nitrogens with one attached hydrogen (secondary N) is 1. The summed E-state index contributed by atoms with van der Waals surface area (Å²) in [5.74, 6) is 0.938. The Hall–Kier alpha value is -1.95. The number of carbonyl (C=O) groups is 1. The largest absolute Gasteiger partial charge is 0.494 e. The van der Waals surface area contributed by atoms with Gasteiger partial charge < -0.3 is 4.74 Å². The van der Waals surface area contributed by atoms with E-state index in [0.717, 1.165) is 15.8 Å². The quantitative estimate of drug-likeness (QED) is 0.912. The Morgan fingerprint density at radius 2 is 1.90 bits per heavy atom. The van der Waals surface area contributed by atoms with Gasteiger partial charge in [-0.1, -0.05) is 12.1 Å². The van der Waals surface area contributed by atoms with Crippen molar-refractivity contribution < 1.29 is 9.53 Å². The van der Waals surface area contributed by atoms with E-state index in [0.29, 0.717) is 12.6 Å². The van der Waals surface area contributed by atoms with E-state index in [1.165, 1.54) is 0 Å². The highest BCUT2D eigenvalue weighted by molar-refractivity contribution is 9.10. The number of halogens is 1. The van der Waals surface area contributed by atoms with Gasteiger partial charge in [0.05, 0.1) is 17.5 Å². The van der Waals surface area contributed by atoms with Crippen LogP contribution in [0.25, 0.3) is 0 Å². The zero-order valence-electron chi connectivity index (χ0n) is 11.0. The number of aromatic nitrogens is 2. The zero-order valence-corrected chi connectivity index (χ0v) is 12.6. The third-order valence-electron chi connectivity index (χ3n) is 2.47. The zero-order chi connectivity index (χ0) is 14.4. The normalized spacial score (nSPS) is 10.1. The summed E-state index contributed by atoms with van der Waals surface area (Å²) in [7, 11) is 0. The van der Waals surface area contributed by atoms with Crippen LogP contribution in [0.3, 0.4) is 0 Å². The van der Waals surface area contributed by atoms with Crippen LogP contribution in [-0.4, -0.2) is 22.5 Å². The summed E-state index contributed by atoms with van der Waals surface area (Å²) in [6, 6.07) is 7.44. The van der Waals surface area contributed by atoms with Crippen LogP contribution in [0, 0.1) is 0 Å². The predicted molar refractivity (Wildman–Crippen MR) is 79.7 cm³/mol. The molecule has 104 valence electrons. The first-order chi connectivity index (χ1) is 9.67. The summed E-state index contributed by atoms with van der Waals surface area (Å²) in [5.41, 5.74) is 0.906. The van der Waals surface area contributed by atoms with Crippen LogP contribution < -0.4 is 10.1 Å². The lowest BCUT2D eigenvalue weighted by molar-refractivity contribution is -0.115. The maximum absolute atomic E-state index is 11.8. The lowest BCUT2D eigenvalue weighted by Gasteiger charge is -2.05. The second-order valence-electron chi connectivity index (χ2n) is 4.03. The van der Waals surface area contributed by atoms with Gasteiger partial charge in [-0.15, -0.1) is 0 Å². The molecule has 0 aliphatic carbocycles. The second-order valence-corrected chi connectivity index (χ2v) is 4.94. The summed E-state index contributed by atoms with van der Waals surface area (Å²) < 4.78 is 6.11. The minimum Gasteiger partial charge on any atom is -0.494 e. The molecule has 0 bridgehead atoms. The van der Waals surface area contributed by atoms with Crippen molar-refractivity contribution in [3.05, 3.63) is 46.7 Å². The average molecular weight is 336 g/mol. The Balaban J connectivity index is 1.92.